The van der Waals surface area contributed by atoms with Crippen LogP contribution in [0, 0.1) is 5.92 Å². The Kier molecular flexibility index (Phi) is 7.26. The fraction of sp³-hybridized carbons (Fsp3) is 0.429. The van der Waals surface area contributed by atoms with Gasteiger partial charge in [0.15, 0.2) is 0 Å². The van der Waals surface area contributed by atoms with E-state index in [9.17, 15) is 8.78 Å². The topological polar surface area (TPSA) is 86.4 Å². The van der Waals surface area contributed by atoms with Gasteiger partial charge in [0.25, 0.3) is 0 Å². The number of anilines is 1. The Balaban J connectivity index is 0.000000194. The van der Waals surface area contributed by atoms with Gasteiger partial charge in [-0.05, 0) is 18.9 Å². The van der Waals surface area contributed by atoms with Crippen molar-refractivity contribution in [3.05, 3.63) is 43.2 Å². The monoisotopic (exact) mass is 415 g/mol. The predicted octanol–water partition coefficient (Wildman–Crippen LogP) is 4.88. The molecule has 0 spiro atoms. The van der Waals surface area contributed by atoms with Crippen LogP contribution in [0.1, 0.15) is 46.0 Å². The summed E-state index contributed by atoms with van der Waals surface area (Å²) in [6.45, 7) is 3.19. The number of alkyl halides is 2. The molecule has 0 unspecified atom stereocenters. The lowest BCUT2D eigenvalue weighted by atomic mass is 9.91. The molecular formula is C21H27F2N7. The van der Waals surface area contributed by atoms with Crippen molar-refractivity contribution in [3.8, 4) is 11.1 Å². The Labute approximate surface area is 174 Å². The smallest absolute Gasteiger partial charge is 0.238 e. The fourth-order valence-electron chi connectivity index (χ4n) is 3.42. The van der Waals surface area contributed by atoms with Crippen molar-refractivity contribution in [2.75, 3.05) is 5.73 Å². The van der Waals surface area contributed by atoms with Gasteiger partial charge in [-0.25, -0.2) is 28.2 Å². The molecule has 1 saturated carbocycles. The second kappa shape index (κ2) is 10.1. The summed E-state index contributed by atoms with van der Waals surface area (Å²) in [5.74, 6) is 1.96. The minimum Gasteiger partial charge on any atom is -0.367 e. The van der Waals surface area contributed by atoms with E-state index in [1.54, 1.807) is 23.1 Å². The van der Waals surface area contributed by atoms with E-state index in [1.807, 2.05) is 29.1 Å². The molecule has 0 radical (unpaired) electrons. The van der Waals surface area contributed by atoms with E-state index in [2.05, 4.69) is 27.0 Å². The van der Waals surface area contributed by atoms with Crippen molar-refractivity contribution in [2.45, 2.75) is 52.4 Å². The molecule has 9 heteroatoms. The molecule has 1 fully saturated rings. The quantitative estimate of drug-likeness (QED) is 0.479. The van der Waals surface area contributed by atoms with Crippen LogP contribution in [0.25, 0.3) is 22.4 Å². The summed E-state index contributed by atoms with van der Waals surface area (Å²) in [5.41, 5.74) is 8.43. The molecule has 1 aliphatic rings. The number of nitrogens with two attached hydrogens (primary N) is 1. The third-order valence-electron chi connectivity index (χ3n) is 4.88. The first-order valence-corrected chi connectivity index (χ1v) is 10.1. The average molecular weight is 415 g/mol. The molecule has 4 aromatic rings. The SMILES string of the molecule is CC(F)F.CC1CCCCC1.Nc1ncc2c(-c3cnc4nccn4c3)ccn2n1. The van der Waals surface area contributed by atoms with Crippen LogP contribution in [0.2, 0.25) is 0 Å². The second-order valence-electron chi connectivity index (χ2n) is 7.41. The highest BCUT2D eigenvalue weighted by Crippen LogP contribution is 2.24. The summed E-state index contributed by atoms with van der Waals surface area (Å²) in [5, 5.41) is 4.12. The number of fused-ring (bicyclic) bond motifs is 2. The molecule has 4 heterocycles. The van der Waals surface area contributed by atoms with Crippen LogP contribution in [0.15, 0.2) is 43.2 Å². The van der Waals surface area contributed by atoms with Gasteiger partial charge in [-0.2, -0.15) is 0 Å². The van der Waals surface area contributed by atoms with Crippen molar-refractivity contribution in [3.63, 3.8) is 0 Å². The van der Waals surface area contributed by atoms with Crippen LogP contribution in [-0.4, -0.2) is 35.4 Å². The number of hydrogen-bond donors (Lipinski definition) is 1. The molecule has 0 aliphatic heterocycles. The predicted molar refractivity (Wildman–Crippen MR) is 113 cm³/mol. The van der Waals surface area contributed by atoms with Crippen molar-refractivity contribution < 1.29 is 8.78 Å². The van der Waals surface area contributed by atoms with Gasteiger partial charge in [0.1, 0.15) is 0 Å². The summed E-state index contributed by atoms with van der Waals surface area (Å²) in [6, 6.07) is 1.96. The summed E-state index contributed by atoms with van der Waals surface area (Å²) >= 11 is 0. The largest absolute Gasteiger partial charge is 0.367 e. The average Bonchev–Trinajstić information content (AvgIpc) is 3.34. The van der Waals surface area contributed by atoms with Gasteiger partial charge < -0.3 is 5.73 Å². The third-order valence-corrected chi connectivity index (χ3v) is 4.88. The number of rotatable bonds is 1. The Morgan fingerprint density at radius 1 is 1.07 bits per heavy atom. The van der Waals surface area contributed by atoms with Gasteiger partial charge in [-0.1, -0.05) is 39.0 Å². The van der Waals surface area contributed by atoms with Crippen molar-refractivity contribution >= 4 is 17.2 Å². The molecule has 4 aromatic heterocycles. The molecule has 30 heavy (non-hydrogen) atoms. The molecule has 5 rings (SSSR count). The van der Waals surface area contributed by atoms with E-state index in [4.69, 9.17) is 5.73 Å². The number of halogens is 2. The Bertz CT molecular complexity index is 1060. The lowest BCUT2D eigenvalue weighted by Crippen LogP contribution is -1.99. The molecule has 7 nitrogen and oxygen atoms in total. The molecule has 0 aromatic carbocycles. The van der Waals surface area contributed by atoms with E-state index in [-0.39, 0.29) is 5.95 Å². The first kappa shape index (κ1) is 21.6. The Morgan fingerprint density at radius 3 is 2.47 bits per heavy atom. The molecule has 0 saturated heterocycles. The fourth-order valence-corrected chi connectivity index (χ4v) is 3.42. The van der Waals surface area contributed by atoms with Gasteiger partial charge in [0, 0.05) is 42.1 Å². The summed E-state index contributed by atoms with van der Waals surface area (Å²) < 4.78 is 24.2. The van der Waals surface area contributed by atoms with Gasteiger partial charge in [0.2, 0.25) is 18.2 Å². The van der Waals surface area contributed by atoms with Crippen LogP contribution in [0.4, 0.5) is 14.7 Å². The van der Waals surface area contributed by atoms with Crippen LogP contribution >= 0.6 is 0 Å². The van der Waals surface area contributed by atoms with E-state index < -0.39 is 6.43 Å². The van der Waals surface area contributed by atoms with Crippen molar-refractivity contribution in [1.82, 2.24) is 29.0 Å². The molecule has 2 N–H and O–H groups in total. The maximum atomic E-state index is 10.3. The number of aromatic nitrogens is 6. The van der Waals surface area contributed by atoms with E-state index in [0.717, 1.165) is 29.5 Å². The van der Waals surface area contributed by atoms with Gasteiger partial charge in [-0.3, -0.25) is 4.40 Å². The highest BCUT2D eigenvalue weighted by molar-refractivity contribution is 5.79. The van der Waals surface area contributed by atoms with Crippen molar-refractivity contribution in [2.24, 2.45) is 5.92 Å². The second-order valence-corrected chi connectivity index (χ2v) is 7.41. The number of nitrogens with zero attached hydrogens (tertiary/aromatic N) is 6. The molecule has 1 aliphatic carbocycles. The Hall–Kier alpha value is -3.10. The minimum absolute atomic E-state index is 0.248. The van der Waals surface area contributed by atoms with Gasteiger partial charge in [0.05, 0.1) is 11.7 Å². The first-order valence-electron chi connectivity index (χ1n) is 10.1. The zero-order chi connectivity index (χ0) is 21.5. The highest BCUT2D eigenvalue weighted by atomic mass is 19.3. The van der Waals surface area contributed by atoms with Crippen LogP contribution in [0.3, 0.4) is 0 Å². The summed E-state index contributed by atoms with van der Waals surface area (Å²) in [7, 11) is 0. The first-order chi connectivity index (χ1) is 14.4. The van der Waals surface area contributed by atoms with E-state index >= 15 is 0 Å². The minimum atomic E-state index is -2.17. The van der Waals surface area contributed by atoms with Gasteiger partial charge in [-0.15, -0.1) is 5.10 Å². The van der Waals surface area contributed by atoms with Crippen molar-refractivity contribution in [1.29, 1.82) is 0 Å². The Morgan fingerprint density at radius 2 is 1.80 bits per heavy atom. The van der Waals surface area contributed by atoms with Crippen LogP contribution < -0.4 is 5.73 Å². The highest BCUT2D eigenvalue weighted by Gasteiger charge is 2.08. The standard InChI is InChI=1S/C12H9N7.C7H14.C2H4F2/c13-11-15-6-10-9(1-3-19(10)17-11)8-5-16-12-14-2-4-18(12)7-8;1-7-5-3-2-4-6-7;1-2(3)4/h1-7H,(H2,13,17);7H,2-6H2,1H3;2H,1H3. The lowest BCUT2D eigenvalue weighted by Gasteiger charge is -2.15. The summed E-state index contributed by atoms with van der Waals surface area (Å²) in [6.07, 6.45) is 16.2. The molecule has 160 valence electrons. The maximum absolute atomic E-state index is 10.3. The molecular weight excluding hydrogens is 388 g/mol. The van der Waals surface area contributed by atoms with Crippen LogP contribution in [0.5, 0.6) is 0 Å². The van der Waals surface area contributed by atoms with Gasteiger partial charge >= 0.3 is 0 Å². The molecule has 0 amide bonds. The summed E-state index contributed by atoms with van der Waals surface area (Å²) in [4.78, 5) is 12.4. The van der Waals surface area contributed by atoms with E-state index in [1.165, 1.54) is 32.1 Å². The number of hydrogen-bond acceptors (Lipinski definition) is 5. The molecule has 0 atom stereocenters. The third kappa shape index (κ3) is 5.71. The lowest BCUT2D eigenvalue weighted by molar-refractivity contribution is 0.171. The van der Waals surface area contributed by atoms with Crippen LogP contribution in [-0.2, 0) is 0 Å². The number of nitrogen functional groups attached to an aromatic ring is 1. The number of imidazole rings is 1. The zero-order valence-electron chi connectivity index (χ0n) is 17.2. The van der Waals surface area contributed by atoms with E-state index in [0.29, 0.717) is 5.78 Å². The zero-order valence-corrected chi connectivity index (χ0v) is 17.2. The normalized spacial score (nSPS) is 14.3. The molecule has 0 bridgehead atoms. The maximum Gasteiger partial charge on any atom is 0.238 e.